The van der Waals surface area contributed by atoms with Crippen LogP contribution in [0.15, 0.2) is 61.1 Å². The number of aromatic nitrogens is 7. The number of hydrogen-bond donors (Lipinski definition) is 6. The van der Waals surface area contributed by atoms with Crippen molar-refractivity contribution < 1.29 is 37.5 Å². The summed E-state index contributed by atoms with van der Waals surface area (Å²) in [5.41, 5.74) is 13.7. The van der Waals surface area contributed by atoms with Crippen LogP contribution in [0.4, 0.5) is 11.5 Å². The molecule has 0 bridgehead atoms. The molecule has 0 spiro atoms. The highest BCUT2D eigenvalue weighted by molar-refractivity contribution is 7.85. The summed E-state index contributed by atoms with van der Waals surface area (Å²) in [7, 11) is -4.71. The Kier molecular flexibility index (Phi) is 7.31. The van der Waals surface area contributed by atoms with Crippen molar-refractivity contribution in [2.24, 2.45) is 0 Å². The Bertz CT molecular complexity index is 1980. The van der Waals surface area contributed by atoms with Crippen LogP contribution in [0.5, 0.6) is 5.75 Å². The van der Waals surface area contributed by atoms with E-state index in [9.17, 15) is 28.5 Å². The summed E-state index contributed by atoms with van der Waals surface area (Å²) >= 11 is 0. The third-order valence-electron chi connectivity index (χ3n) is 6.74. The number of aromatic hydroxyl groups is 1. The maximum Gasteiger partial charge on any atom is 0.362 e. The molecule has 1 aliphatic rings. The standard InChI is InChI=1S/C25H24N10O8S/c26-14-7-3-1-5-12(14)15-9-35(33-31-15)25-29-21(27)18-22(30-25)34(11-28-18)24-20(38)19(37)17(43-24)10-42-44(40,41)32-23(39)13-6-2-4-8-16(13)36/h1-9,11,17,19-20,24,36-38H,10,26H2,(H,32,39)(H2,27,29,30)/t17-,19-,20-,24-/m1/s1. The number of fused-ring (bicyclic) bond motifs is 1. The zero-order valence-electron chi connectivity index (χ0n) is 22.4. The predicted octanol–water partition coefficient (Wildman–Crippen LogP) is -0.745. The van der Waals surface area contributed by atoms with Crippen molar-refractivity contribution in [3.63, 3.8) is 0 Å². The quantitative estimate of drug-likeness (QED) is 0.116. The van der Waals surface area contributed by atoms with Crippen LogP contribution in [0.2, 0.25) is 0 Å². The molecule has 0 aliphatic carbocycles. The fourth-order valence-corrected chi connectivity index (χ4v) is 5.26. The lowest BCUT2D eigenvalue weighted by molar-refractivity contribution is -0.0468. The van der Waals surface area contributed by atoms with Gasteiger partial charge in [-0.25, -0.2) is 9.71 Å². The van der Waals surface area contributed by atoms with E-state index in [1.807, 2.05) is 0 Å². The van der Waals surface area contributed by atoms with Gasteiger partial charge in [0.2, 0.25) is 0 Å². The van der Waals surface area contributed by atoms with Crippen LogP contribution in [0.3, 0.4) is 0 Å². The first kappa shape index (κ1) is 28.9. The first-order valence-electron chi connectivity index (χ1n) is 12.8. The van der Waals surface area contributed by atoms with Gasteiger partial charge in [-0.15, -0.1) is 5.10 Å². The number of nitrogens with one attached hydrogen (secondary N) is 1. The van der Waals surface area contributed by atoms with Gasteiger partial charge in [0.25, 0.3) is 11.9 Å². The number of hydrogen-bond acceptors (Lipinski definition) is 15. The number of aliphatic hydroxyl groups excluding tert-OH is 2. The highest BCUT2D eigenvalue weighted by Crippen LogP contribution is 2.33. The van der Waals surface area contributed by atoms with Crippen molar-refractivity contribution in [2.75, 3.05) is 18.1 Å². The molecule has 4 heterocycles. The molecule has 3 aromatic heterocycles. The lowest BCUT2D eigenvalue weighted by Gasteiger charge is -2.16. The molecule has 0 saturated carbocycles. The minimum atomic E-state index is -4.71. The molecular weight excluding hydrogens is 600 g/mol. The largest absolute Gasteiger partial charge is 0.507 e. The monoisotopic (exact) mass is 624 g/mol. The fraction of sp³-hybridized carbons (Fsp3) is 0.200. The number of phenolic OH excluding ortho intramolecular Hbond substituents is 1. The molecule has 1 saturated heterocycles. The van der Waals surface area contributed by atoms with Gasteiger partial charge >= 0.3 is 10.3 Å². The van der Waals surface area contributed by atoms with Gasteiger partial charge in [-0.1, -0.05) is 35.5 Å². The predicted molar refractivity (Wildman–Crippen MR) is 151 cm³/mol. The third kappa shape index (κ3) is 5.36. The van der Waals surface area contributed by atoms with Gasteiger partial charge in [-0.05, 0) is 18.2 Å². The summed E-state index contributed by atoms with van der Waals surface area (Å²) < 4.78 is 39.5. The summed E-state index contributed by atoms with van der Waals surface area (Å²) in [6.45, 7) is -0.780. The van der Waals surface area contributed by atoms with Crippen LogP contribution < -0.4 is 16.2 Å². The Morgan fingerprint density at radius 1 is 1.07 bits per heavy atom. The SMILES string of the molecule is Nc1ccccc1-c1cn(-c2nc(N)c3ncn([C@@H]4O[C@H](COS(=O)(=O)NC(=O)c5ccccc5O)[C@@H](O)[C@H]4O)c3n2)nn1. The number of amides is 1. The molecule has 8 N–H and O–H groups in total. The summed E-state index contributed by atoms with van der Waals surface area (Å²) in [5, 5.41) is 39.4. The second kappa shape index (κ2) is 11.1. The molecular formula is C25H24N10O8S. The lowest BCUT2D eigenvalue weighted by atomic mass is 10.1. The molecule has 19 heteroatoms. The van der Waals surface area contributed by atoms with Crippen LogP contribution in [0, 0.1) is 0 Å². The van der Waals surface area contributed by atoms with Gasteiger partial charge in [-0.2, -0.15) is 23.1 Å². The van der Waals surface area contributed by atoms with E-state index in [4.69, 9.17) is 20.4 Å². The van der Waals surface area contributed by atoms with Crippen molar-refractivity contribution in [1.82, 2.24) is 39.2 Å². The van der Waals surface area contributed by atoms with Gasteiger partial charge in [0.05, 0.1) is 24.7 Å². The molecule has 0 unspecified atom stereocenters. The molecule has 228 valence electrons. The van der Waals surface area contributed by atoms with Crippen molar-refractivity contribution in [3.8, 4) is 23.0 Å². The number of nitrogens with two attached hydrogens (primary N) is 2. The maximum absolute atomic E-state index is 12.4. The van der Waals surface area contributed by atoms with Crippen LogP contribution in [0.25, 0.3) is 28.4 Å². The highest BCUT2D eigenvalue weighted by Gasteiger charge is 2.45. The summed E-state index contributed by atoms with van der Waals surface area (Å²) in [4.78, 5) is 25.1. The molecule has 6 rings (SSSR count). The highest BCUT2D eigenvalue weighted by atomic mass is 32.2. The minimum Gasteiger partial charge on any atom is -0.507 e. The number of ether oxygens (including phenoxy) is 1. The van der Waals surface area contributed by atoms with E-state index in [2.05, 4.69) is 25.3 Å². The van der Waals surface area contributed by atoms with E-state index in [0.717, 1.165) is 0 Å². The second-order valence-corrected chi connectivity index (χ2v) is 10.9. The molecule has 18 nitrogen and oxygen atoms in total. The number of aliphatic hydroxyl groups is 2. The van der Waals surface area contributed by atoms with Crippen LogP contribution in [-0.4, -0.2) is 89.1 Å². The fourth-order valence-electron chi connectivity index (χ4n) is 4.55. The average Bonchev–Trinajstić information content (AvgIpc) is 3.71. The number of anilines is 2. The van der Waals surface area contributed by atoms with Gasteiger partial charge in [0.1, 0.15) is 35.3 Å². The Labute approximate surface area is 247 Å². The molecule has 44 heavy (non-hydrogen) atoms. The molecule has 0 radical (unpaired) electrons. The zero-order valence-corrected chi connectivity index (χ0v) is 23.2. The number of imidazole rings is 1. The maximum atomic E-state index is 12.4. The van der Waals surface area contributed by atoms with Crippen LogP contribution in [-0.2, 0) is 19.2 Å². The van der Waals surface area contributed by atoms with E-state index in [0.29, 0.717) is 16.9 Å². The first-order valence-corrected chi connectivity index (χ1v) is 14.2. The second-order valence-electron chi connectivity index (χ2n) is 9.60. The van der Waals surface area contributed by atoms with Crippen LogP contribution >= 0.6 is 0 Å². The van der Waals surface area contributed by atoms with Crippen LogP contribution in [0.1, 0.15) is 16.6 Å². The van der Waals surface area contributed by atoms with Crippen molar-refractivity contribution >= 4 is 38.9 Å². The van der Waals surface area contributed by atoms with Gasteiger partial charge in [0.15, 0.2) is 17.7 Å². The van der Waals surface area contributed by atoms with E-state index < -0.39 is 53.1 Å². The Hall–Kier alpha value is -5.21. The van der Waals surface area contributed by atoms with Crippen molar-refractivity contribution in [2.45, 2.75) is 24.5 Å². The molecule has 5 aromatic rings. The van der Waals surface area contributed by atoms with E-state index in [-0.39, 0.29) is 28.5 Å². The molecule has 1 aliphatic heterocycles. The Morgan fingerprint density at radius 2 is 1.82 bits per heavy atom. The van der Waals surface area contributed by atoms with Crippen molar-refractivity contribution in [3.05, 3.63) is 66.6 Å². The third-order valence-corrected chi connectivity index (χ3v) is 7.62. The number of carbonyl (C=O) groups is 1. The molecule has 1 fully saturated rings. The number of benzene rings is 2. The number of carbonyl (C=O) groups excluding carboxylic acids is 1. The number of nitrogen functional groups attached to an aromatic ring is 2. The van der Waals surface area contributed by atoms with Gasteiger partial charge in [-0.3, -0.25) is 13.5 Å². The lowest BCUT2D eigenvalue weighted by Crippen LogP contribution is -2.37. The van der Waals surface area contributed by atoms with Crippen molar-refractivity contribution in [1.29, 1.82) is 0 Å². The summed E-state index contributed by atoms with van der Waals surface area (Å²) in [6, 6.07) is 12.4. The number of phenols is 1. The van der Waals surface area contributed by atoms with E-state index in [1.165, 1.54) is 39.8 Å². The Balaban J connectivity index is 1.20. The summed E-state index contributed by atoms with van der Waals surface area (Å²) in [6.07, 6.45) is -3.07. The number of para-hydroxylation sites is 2. The minimum absolute atomic E-state index is 0.00390. The average molecular weight is 625 g/mol. The smallest absolute Gasteiger partial charge is 0.362 e. The number of nitrogens with zero attached hydrogens (tertiary/aromatic N) is 7. The number of rotatable bonds is 8. The summed E-state index contributed by atoms with van der Waals surface area (Å²) in [5.74, 6) is -1.60. The van der Waals surface area contributed by atoms with E-state index >= 15 is 0 Å². The van der Waals surface area contributed by atoms with Gasteiger partial charge in [0, 0.05) is 11.3 Å². The van der Waals surface area contributed by atoms with Gasteiger partial charge < -0.3 is 31.5 Å². The molecule has 4 atom stereocenters. The molecule has 2 aromatic carbocycles. The van der Waals surface area contributed by atoms with E-state index in [1.54, 1.807) is 35.2 Å². The molecule has 1 amide bonds. The topological polar surface area (TPSA) is 269 Å². The first-order chi connectivity index (χ1) is 21.0. The Morgan fingerprint density at radius 3 is 2.59 bits per heavy atom. The normalized spacial score (nSPS) is 20.2. The zero-order chi connectivity index (χ0) is 31.2.